The summed E-state index contributed by atoms with van der Waals surface area (Å²) < 4.78 is 10.9. The molecule has 23 heavy (non-hydrogen) atoms. The highest BCUT2D eigenvalue weighted by molar-refractivity contribution is 5.44. The largest absolute Gasteiger partial charge is 0.454 e. The van der Waals surface area contributed by atoms with Crippen molar-refractivity contribution in [1.82, 2.24) is 0 Å². The zero-order valence-electron chi connectivity index (χ0n) is 13.9. The summed E-state index contributed by atoms with van der Waals surface area (Å²) in [6.45, 7) is 8.06. The molecule has 2 N–H and O–H groups in total. The Bertz CT molecular complexity index is 564. The highest BCUT2D eigenvalue weighted by atomic mass is 16.7. The van der Waals surface area contributed by atoms with E-state index < -0.39 is 0 Å². The van der Waals surface area contributed by atoms with Gasteiger partial charge in [-0.1, -0.05) is 12.2 Å². The van der Waals surface area contributed by atoms with Crippen LogP contribution in [0.5, 0.6) is 11.5 Å². The third kappa shape index (κ3) is 3.70. The zero-order valence-corrected chi connectivity index (χ0v) is 13.9. The molecule has 4 heteroatoms. The summed E-state index contributed by atoms with van der Waals surface area (Å²) in [4.78, 5) is 3.52. The van der Waals surface area contributed by atoms with Gasteiger partial charge in [0.2, 0.25) is 6.79 Å². The highest BCUT2D eigenvalue weighted by Gasteiger charge is 2.26. The van der Waals surface area contributed by atoms with E-state index in [-0.39, 0.29) is 0 Å². The summed E-state index contributed by atoms with van der Waals surface area (Å²) in [7, 11) is 0. The lowest BCUT2D eigenvalue weighted by Gasteiger charge is -2.32. The quantitative estimate of drug-likeness (QED) is 0.769. The van der Waals surface area contributed by atoms with Crippen LogP contribution >= 0.6 is 0 Å². The van der Waals surface area contributed by atoms with Crippen LogP contribution in [0.3, 0.4) is 0 Å². The third-order valence-corrected chi connectivity index (χ3v) is 5.51. The van der Waals surface area contributed by atoms with E-state index in [1.54, 1.807) is 4.90 Å². The number of piperazine rings is 1. The monoisotopic (exact) mass is 316 g/mol. The lowest BCUT2D eigenvalue weighted by molar-refractivity contribution is -1.02. The number of rotatable bonds is 4. The van der Waals surface area contributed by atoms with Crippen molar-refractivity contribution < 1.29 is 19.3 Å². The molecule has 1 atom stereocenters. The molecule has 0 aromatic heterocycles. The van der Waals surface area contributed by atoms with E-state index in [4.69, 9.17) is 9.47 Å². The second-order valence-corrected chi connectivity index (χ2v) is 7.22. The number of quaternary nitrogens is 2. The van der Waals surface area contributed by atoms with Crippen LogP contribution < -0.4 is 19.3 Å². The molecule has 0 bridgehead atoms. The molecule has 3 aliphatic rings. The molecule has 0 saturated carbocycles. The summed E-state index contributed by atoms with van der Waals surface area (Å²) in [6.07, 6.45) is 8.72. The standard InChI is InChI=1S/C19H26N2O2/c1-2-4-16(5-3-1)13-20-8-10-21(11-9-20)14-17-6-7-18-19(12-17)23-15-22-18/h1-2,6-7,12,16H,3-5,8-11,13-15H2/p+2/t16-/m0/s1. The van der Waals surface area contributed by atoms with Crippen molar-refractivity contribution >= 4 is 0 Å². The number of benzene rings is 1. The molecule has 1 aromatic carbocycles. The van der Waals surface area contributed by atoms with Crippen LogP contribution in [0.2, 0.25) is 0 Å². The van der Waals surface area contributed by atoms with E-state index >= 15 is 0 Å². The van der Waals surface area contributed by atoms with E-state index in [1.807, 2.05) is 4.90 Å². The van der Waals surface area contributed by atoms with Crippen molar-refractivity contribution in [3.63, 3.8) is 0 Å². The molecule has 4 rings (SSSR count). The number of nitrogens with one attached hydrogen (secondary N) is 2. The summed E-state index contributed by atoms with van der Waals surface area (Å²) in [5.74, 6) is 2.72. The van der Waals surface area contributed by atoms with Gasteiger partial charge >= 0.3 is 0 Å². The maximum atomic E-state index is 5.49. The average molecular weight is 316 g/mol. The van der Waals surface area contributed by atoms with Gasteiger partial charge in [0.25, 0.3) is 0 Å². The van der Waals surface area contributed by atoms with Gasteiger partial charge in [0.15, 0.2) is 11.5 Å². The van der Waals surface area contributed by atoms with Crippen LogP contribution in [-0.4, -0.2) is 39.5 Å². The lowest BCUT2D eigenvalue weighted by atomic mass is 9.94. The third-order valence-electron chi connectivity index (χ3n) is 5.51. The Hall–Kier alpha value is -1.52. The van der Waals surface area contributed by atoms with Crippen molar-refractivity contribution in [3.8, 4) is 11.5 Å². The summed E-state index contributed by atoms with van der Waals surface area (Å²) >= 11 is 0. The van der Waals surface area contributed by atoms with Crippen LogP contribution in [0.15, 0.2) is 30.4 Å². The van der Waals surface area contributed by atoms with E-state index in [0.29, 0.717) is 6.79 Å². The Morgan fingerprint density at radius 2 is 1.78 bits per heavy atom. The Balaban J connectivity index is 1.25. The van der Waals surface area contributed by atoms with Gasteiger partial charge in [-0.25, -0.2) is 0 Å². The van der Waals surface area contributed by atoms with E-state index in [0.717, 1.165) is 24.0 Å². The maximum absolute atomic E-state index is 5.49. The number of ether oxygens (including phenoxy) is 2. The Morgan fingerprint density at radius 3 is 2.61 bits per heavy atom. The lowest BCUT2D eigenvalue weighted by Crippen LogP contribution is -3.27. The number of fused-ring (bicyclic) bond motifs is 1. The van der Waals surface area contributed by atoms with Gasteiger partial charge in [0, 0.05) is 11.5 Å². The second-order valence-electron chi connectivity index (χ2n) is 7.22. The molecular weight excluding hydrogens is 288 g/mol. The molecule has 2 aliphatic heterocycles. The molecule has 0 spiro atoms. The maximum Gasteiger partial charge on any atom is 0.231 e. The van der Waals surface area contributed by atoms with Crippen LogP contribution in [0.4, 0.5) is 0 Å². The van der Waals surface area contributed by atoms with Gasteiger partial charge in [-0.05, 0) is 37.5 Å². The van der Waals surface area contributed by atoms with Crippen LogP contribution in [0.1, 0.15) is 24.8 Å². The second kappa shape index (κ2) is 6.93. The Labute approximate surface area is 138 Å². The normalized spacial score (nSPS) is 29.7. The van der Waals surface area contributed by atoms with Gasteiger partial charge in [-0.15, -0.1) is 0 Å². The predicted molar refractivity (Wildman–Crippen MR) is 89.0 cm³/mol. The minimum atomic E-state index is 0.365. The summed E-state index contributed by atoms with van der Waals surface area (Å²) in [5, 5.41) is 0. The fourth-order valence-corrected chi connectivity index (χ4v) is 4.13. The smallest absolute Gasteiger partial charge is 0.231 e. The first-order valence-electron chi connectivity index (χ1n) is 9.07. The van der Waals surface area contributed by atoms with Crippen molar-refractivity contribution in [1.29, 1.82) is 0 Å². The topological polar surface area (TPSA) is 27.3 Å². The van der Waals surface area contributed by atoms with Crippen molar-refractivity contribution in [2.45, 2.75) is 25.8 Å². The average Bonchev–Trinajstić information content (AvgIpc) is 3.05. The number of allylic oxidation sites excluding steroid dienone is 2. The van der Waals surface area contributed by atoms with E-state index in [9.17, 15) is 0 Å². The molecule has 2 heterocycles. The van der Waals surface area contributed by atoms with Gasteiger partial charge < -0.3 is 19.3 Å². The van der Waals surface area contributed by atoms with Crippen LogP contribution in [0, 0.1) is 5.92 Å². The van der Waals surface area contributed by atoms with Crippen molar-refractivity contribution in [3.05, 3.63) is 35.9 Å². The molecule has 124 valence electrons. The highest BCUT2D eigenvalue weighted by Crippen LogP contribution is 2.32. The molecule has 0 radical (unpaired) electrons. The fourth-order valence-electron chi connectivity index (χ4n) is 4.13. The first-order valence-corrected chi connectivity index (χ1v) is 9.07. The summed E-state index contributed by atoms with van der Waals surface area (Å²) in [5.41, 5.74) is 1.37. The molecule has 0 amide bonds. The fraction of sp³-hybridized carbons (Fsp3) is 0.579. The Kier molecular flexibility index (Phi) is 4.53. The van der Waals surface area contributed by atoms with Crippen molar-refractivity contribution in [2.24, 2.45) is 5.92 Å². The minimum absolute atomic E-state index is 0.365. The summed E-state index contributed by atoms with van der Waals surface area (Å²) in [6, 6.07) is 6.40. The van der Waals surface area contributed by atoms with E-state index in [2.05, 4.69) is 30.4 Å². The van der Waals surface area contributed by atoms with Gasteiger partial charge in [-0.3, -0.25) is 0 Å². The SMILES string of the molecule is C1=CC[C@H](C[NH+]2CC[NH+](Cc3ccc4c(c3)OCO4)CC2)CC1. The number of hydrogen-bond donors (Lipinski definition) is 2. The molecule has 1 saturated heterocycles. The van der Waals surface area contributed by atoms with Crippen molar-refractivity contribution in [2.75, 3.05) is 39.5 Å². The molecule has 1 aliphatic carbocycles. The minimum Gasteiger partial charge on any atom is -0.454 e. The predicted octanol–water partition coefficient (Wildman–Crippen LogP) is 0.0550. The molecular formula is C19H28N2O2+2. The first-order chi connectivity index (χ1) is 11.4. The molecule has 1 aromatic rings. The van der Waals surface area contributed by atoms with Gasteiger partial charge in [-0.2, -0.15) is 0 Å². The van der Waals surface area contributed by atoms with Gasteiger partial charge in [0.05, 0.1) is 6.54 Å². The number of hydrogen-bond acceptors (Lipinski definition) is 2. The van der Waals surface area contributed by atoms with Crippen LogP contribution in [-0.2, 0) is 6.54 Å². The Morgan fingerprint density at radius 1 is 0.957 bits per heavy atom. The van der Waals surface area contributed by atoms with Gasteiger partial charge in [0.1, 0.15) is 32.7 Å². The molecule has 0 unspecified atom stereocenters. The zero-order chi connectivity index (χ0) is 15.5. The van der Waals surface area contributed by atoms with Crippen LogP contribution in [0.25, 0.3) is 0 Å². The van der Waals surface area contributed by atoms with E-state index in [1.165, 1.54) is 57.5 Å². The molecule has 4 nitrogen and oxygen atoms in total. The first kappa shape index (κ1) is 15.0. The molecule has 1 fully saturated rings.